The van der Waals surface area contributed by atoms with Gasteiger partial charge in [0, 0.05) is 0 Å². The molecule has 13 heavy (non-hydrogen) atoms. The normalized spacial score (nSPS) is 14.2. The van der Waals surface area contributed by atoms with Crippen LogP contribution in [0, 0.1) is 0 Å². The Labute approximate surface area is 80.2 Å². The Bertz CT molecular complexity index is 313. The van der Waals surface area contributed by atoms with Crippen molar-refractivity contribution in [2.24, 2.45) is 5.14 Å². The Morgan fingerprint density at radius 1 is 1.31 bits per heavy atom. The van der Waals surface area contributed by atoms with Crippen molar-refractivity contribution in [1.82, 2.24) is 0 Å². The van der Waals surface area contributed by atoms with Gasteiger partial charge in [-0.05, 0) is 31.5 Å². The van der Waals surface area contributed by atoms with E-state index in [4.69, 9.17) is 5.14 Å². The van der Waals surface area contributed by atoms with Gasteiger partial charge in [0.05, 0.1) is 10.5 Å². The molecule has 0 fully saturated rings. The van der Waals surface area contributed by atoms with Gasteiger partial charge in [-0.1, -0.05) is 12.1 Å². The summed E-state index contributed by atoms with van der Waals surface area (Å²) in [6, 6.07) is 6.76. The van der Waals surface area contributed by atoms with Crippen LogP contribution in [-0.2, 0) is 16.6 Å². The second kappa shape index (κ2) is 3.57. The second-order valence-electron chi connectivity index (χ2n) is 3.38. The maximum absolute atomic E-state index is 10.8. The molecule has 1 aromatic rings. The Balaban J connectivity index is 3.01. The molecule has 0 aliphatic carbocycles. The van der Waals surface area contributed by atoms with Crippen molar-refractivity contribution >= 4 is 11.0 Å². The van der Waals surface area contributed by atoms with Crippen LogP contribution in [0.25, 0.3) is 0 Å². The first-order valence-corrected chi connectivity index (χ1v) is 5.11. The van der Waals surface area contributed by atoms with Crippen molar-refractivity contribution in [3.05, 3.63) is 29.8 Å². The van der Waals surface area contributed by atoms with Gasteiger partial charge < -0.3 is 5.11 Å². The van der Waals surface area contributed by atoms with Crippen LogP contribution < -0.4 is 5.14 Å². The lowest BCUT2D eigenvalue weighted by atomic mass is 9.99. The van der Waals surface area contributed by atoms with Gasteiger partial charge in [0.1, 0.15) is 11.0 Å². The predicted molar refractivity (Wildman–Crippen MR) is 52.3 cm³/mol. The molecule has 0 bridgehead atoms. The van der Waals surface area contributed by atoms with E-state index in [-0.39, 0.29) is 0 Å². The molecule has 0 saturated carbocycles. The molecular formula is C9H13NO2S. The fourth-order valence-corrected chi connectivity index (χ4v) is 1.40. The summed E-state index contributed by atoms with van der Waals surface area (Å²) in [4.78, 5) is 0.563. The average molecular weight is 199 g/mol. The van der Waals surface area contributed by atoms with Crippen LogP contribution in [0.2, 0.25) is 0 Å². The maximum atomic E-state index is 10.8. The SMILES string of the molecule is CC(C)(O)c1ccc(S(N)=O)cc1. The quantitative estimate of drug-likeness (QED) is 0.743. The Hall–Kier alpha value is -0.710. The maximum Gasteiger partial charge on any atom is 0.122 e. The molecule has 3 nitrogen and oxygen atoms in total. The van der Waals surface area contributed by atoms with Crippen LogP contribution >= 0.6 is 0 Å². The van der Waals surface area contributed by atoms with E-state index < -0.39 is 16.6 Å². The van der Waals surface area contributed by atoms with Gasteiger partial charge in [0.15, 0.2) is 0 Å². The van der Waals surface area contributed by atoms with Gasteiger partial charge >= 0.3 is 0 Å². The summed E-state index contributed by atoms with van der Waals surface area (Å²) in [7, 11) is -1.45. The highest BCUT2D eigenvalue weighted by Gasteiger charge is 2.15. The van der Waals surface area contributed by atoms with Crippen molar-refractivity contribution in [3.63, 3.8) is 0 Å². The number of nitrogens with two attached hydrogens (primary N) is 1. The fourth-order valence-electron chi connectivity index (χ4n) is 0.997. The van der Waals surface area contributed by atoms with Crippen molar-refractivity contribution in [3.8, 4) is 0 Å². The Morgan fingerprint density at radius 3 is 2.08 bits per heavy atom. The molecule has 0 aliphatic heterocycles. The Morgan fingerprint density at radius 2 is 1.77 bits per heavy atom. The summed E-state index contributed by atoms with van der Waals surface area (Å²) in [6.07, 6.45) is 0. The summed E-state index contributed by atoms with van der Waals surface area (Å²) < 4.78 is 10.8. The summed E-state index contributed by atoms with van der Waals surface area (Å²) in [5.74, 6) is 0. The molecule has 0 saturated heterocycles. The van der Waals surface area contributed by atoms with Gasteiger partial charge in [-0.25, -0.2) is 9.35 Å². The zero-order valence-corrected chi connectivity index (χ0v) is 8.47. The number of hydrogen-bond acceptors (Lipinski definition) is 2. The van der Waals surface area contributed by atoms with Crippen molar-refractivity contribution < 1.29 is 9.32 Å². The van der Waals surface area contributed by atoms with E-state index >= 15 is 0 Å². The molecule has 1 rings (SSSR count). The van der Waals surface area contributed by atoms with E-state index in [0.717, 1.165) is 5.56 Å². The molecule has 0 radical (unpaired) electrons. The van der Waals surface area contributed by atoms with Crippen LogP contribution in [0.1, 0.15) is 19.4 Å². The first kappa shape index (κ1) is 10.4. The molecule has 0 spiro atoms. The van der Waals surface area contributed by atoms with E-state index in [0.29, 0.717) is 4.90 Å². The van der Waals surface area contributed by atoms with Crippen LogP contribution in [0.15, 0.2) is 29.2 Å². The number of rotatable bonds is 2. The van der Waals surface area contributed by atoms with Crippen LogP contribution in [0.5, 0.6) is 0 Å². The van der Waals surface area contributed by atoms with Crippen LogP contribution in [0.3, 0.4) is 0 Å². The zero-order valence-electron chi connectivity index (χ0n) is 7.65. The smallest absolute Gasteiger partial charge is 0.122 e. The fraction of sp³-hybridized carbons (Fsp3) is 0.333. The number of hydrogen-bond donors (Lipinski definition) is 2. The molecule has 0 aliphatic rings. The highest BCUT2D eigenvalue weighted by Crippen LogP contribution is 2.19. The molecule has 3 N–H and O–H groups in total. The first-order chi connectivity index (χ1) is 5.91. The van der Waals surface area contributed by atoms with E-state index in [1.807, 2.05) is 0 Å². The Kier molecular flexibility index (Phi) is 2.85. The minimum Gasteiger partial charge on any atom is -0.386 e. The van der Waals surface area contributed by atoms with E-state index in [2.05, 4.69) is 0 Å². The topological polar surface area (TPSA) is 63.3 Å². The summed E-state index contributed by atoms with van der Waals surface area (Å²) in [6.45, 7) is 3.39. The predicted octanol–water partition coefficient (Wildman–Crippen LogP) is 0.895. The molecule has 0 amide bonds. The van der Waals surface area contributed by atoms with Gasteiger partial charge in [-0.15, -0.1) is 0 Å². The molecule has 1 aromatic carbocycles. The van der Waals surface area contributed by atoms with Crippen LogP contribution in [-0.4, -0.2) is 9.32 Å². The monoisotopic (exact) mass is 199 g/mol. The average Bonchev–Trinajstić information content (AvgIpc) is 2.03. The summed E-state index contributed by atoms with van der Waals surface area (Å²) in [5, 5.41) is 14.8. The minimum absolute atomic E-state index is 0.563. The van der Waals surface area contributed by atoms with Crippen molar-refractivity contribution in [2.75, 3.05) is 0 Å². The van der Waals surface area contributed by atoms with Crippen molar-refractivity contribution in [2.45, 2.75) is 24.3 Å². The second-order valence-corrected chi connectivity index (χ2v) is 4.45. The lowest BCUT2D eigenvalue weighted by molar-refractivity contribution is 0.0785. The summed E-state index contributed by atoms with van der Waals surface area (Å²) >= 11 is 0. The third-order valence-electron chi connectivity index (χ3n) is 1.79. The van der Waals surface area contributed by atoms with Gasteiger partial charge in [-0.2, -0.15) is 0 Å². The molecule has 0 aromatic heterocycles. The van der Waals surface area contributed by atoms with Crippen LogP contribution in [0.4, 0.5) is 0 Å². The van der Waals surface area contributed by atoms with E-state index in [1.54, 1.807) is 38.1 Å². The minimum atomic E-state index is -1.45. The zero-order chi connectivity index (χ0) is 10.1. The lowest BCUT2D eigenvalue weighted by Crippen LogP contribution is -2.15. The highest BCUT2D eigenvalue weighted by molar-refractivity contribution is 7.82. The molecular weight excluding hydrogens is 186 g/mol. The molecule has 72 valence electrons. The number of benzene rings is 1. The summed E-state index contributed by atoms with van der Waals surface area (Å²) in [5.41, 5.74) is -0.0871. The van der Waals surface area contributed by atoms with Gasteiger partial charge in [0.25, 0.3) is 0 Å². The largest absolute Gasteiger partial charge is 0.386 e. The highest BCUT2D eigenvalue weighted by atomic mass is 32.2. The van der Waals surface area contributed by atoms with Crippen molar-refractivity contribution in [1.29, 1.82) is 0 Å². The standard InChI is InChI=1S/C9H13NO2S/c1-9(2,11)7-3-5-8(6-4-7)13(10)12/h3-6,11H,10H2,1-2H3. The van der Waals surface area contributed by atoms with E-state index in [1.165, 1.54) is 0 Å². The first-order valence-electron chi connectivity index (χ1n) is 3.90. The molecule has 1 unspecified atom stereocenters. The van der Waals surface area contributed by atoms with Gasteiger partial charge in [-0.3, -0.25) is 0 Å². The molecule has 1 atom stereocenters. The number of aliphatic hydroxyl groups is 1. The van der Waals surface area contributed by atoms with E-state index in [9.17, 15) is 9.32 Å². The molecule has 0 heterocycles. The van der Waals surface area contributed by atoms with Gasteiger partial charge in [0.2, 0.25) is 0 Å². The molecule has 4 heteroatoms. The lowest BCUT2D eigenvalue weighted by Gasteiger charge is -2.17. The third kappa shape index (κ3) is 2.62. The third-order valence-corrected chi connectivity index (χ3v) is 2.53.